The van der Waals surface area contributed by atoms with Crippen LogP contribution in [0.4, 0.5) is 0 Å². The fourth-order valence-electron chi connectivity index (χ4n) is 4.20. The lowest BCUT2D eigenvalue weighted by Crippen LogP contribution is -2.03. The minimum Gasteiger partial charge on any atom is -0.493 e. The number of aromatic nitrogens is 4. The van der Waals surface area contributed by atoms with Gasteiger partial charge in [0.15, 0.2) is 22.9 Å². The molecule has 0 aliphatic carbocycles. The Balaban J connectivity index is 1.01. The van der Waals surface area contributed by atoms with Crippen LogP contribution in [0.3, 0.4) is 0 Å². The maximum Gasteiger partial charge on any atom is 0.231 e. The van der Waals surface area contributed by atoms with Gasteiger partial charge in [-0.25, -0.2) is 9.50 Å². The maximum atomic E-state index is 12.2. The van der Waals surface area contributed by atoms with E-state index in [9.17, 15) is 4.79 Å². The number of fused-ring (bicyclic) bond motifs is 2. The van der Waals surface area contributed by atoms with E-state index < -0.39 is 0 Å². The third-order valence-corrected chi connectivity index (χ3v) is 6.23. The van der Waals surface area contributed by atoms with Gasteiger partial charge in [-0.3, -0.25) is 9.78 Å². The molecule has 8 nitrogen and oxygen atoms in total. The highest BCUT2D eigenvalue weighted by molar-refractivity contribution is 5.90. The van der Waals surface area contributed by atoms with Crippen LogP contribution in [0, 0.1) is 0 Å². The normalized spacial score (nSPS) is 12.5. The van der Waals surface area contributed by atoms with Gasteiger partial charge in [0.25, 0.3) is 0 Å². The van der Waals surface area contributed by atoms with Crippen molar-refractivity contribution in [3.63, 3.8) is 0 Å². The number of hydrogen-bond donors (Lipinski definition) is 0. The Morgan fingerprint density at radius 3 is 2.64 bits per heavy atom. The third kappa shape index (κ3) is 5.55. The number of carbonyl (C=O) groups excluding carboxylic acids is 1. The van der Waals surface area contributed by atoms with Gasteiger partial charge in [0, 0.05) is 42.3 Å². The van der Waals surface area contributed by atoms with Gasteiger partial charge in [-0.05, 0) is 59.2 Å². The van der Waals surface area contributed by atoms with E-state index >= 15 is 0 Å². The Morgan fingerprint density at radius 2 is 1.77 bits per heavy atom. The zero-order valence-electron chi connectivity index (χ0n) is 20.9. The number of hydrogen-bond acceptors (Lipinski definition) is 7. The second-order valence-corrected chi connectivity index (χ2v) is 8.83. The predicted octanol–water partition coefficient (Wildman–Crippen LogP) is 5.79. The quantitative estimate of drug-likeness (QED) is 0.181. The molecule has 6 rings (SSSR count). The molecule has 4 heterocycles. The van der Waals surface area contributed by atoms with E-state index in [2.05, 4.69) is 15.1 Å². The highest BCUT2D eigenvalue weighted by atomic mass is 16.7. The second kappa shape index (κ2) is 11.0. The fraction of sp³-hybridized carbons (Fsp3) is 0.0968. The molecule has 0 atom stereocenters. The molecule has 0 bridgehead atoms. The molecule has 0 radical (unpaired) electrons. The number of carbonyl (C=O) groups is 1. The van der Waals surface area contributed by atoms with Gasteiger partial charge in [0.1, 0.15) is 5.75 Å². The molecule has 39 heavy (non-hydrogen) atoms. The molecule has 0 N–H and O–H groups in total. The van der Waals surface area contributed by atoms with Crippen molar-refractivity contribution in [3.05, 3.63) is 109 Å². The average molecular weight is 517 g/mol. The van der Waals surface area contributed by atoms with E-state index in [1.54, 1.807) is 29.1 Å². The SMILES string of the molecule is O=C(/C=C/C=C/c1ccc2c(c1)OCO2)CCOc1ccc(-c2cnc3c(-c4ccncc4)cnn3c2)cc1. The predicted molar refractivity (Wildman–Crippen MR) is 148 cm³/mol. The molecule has 0 fully saturated rings. The minimum absolute atomic E-state index is 0.00769. The van der Waals surface area contributed by atoms with E-state index in [-0.39, 0.29) is 19.0 Å². The van der Waals surface area contributed by atoms with Gasteiger partial charge < -0.3 is 14.2 Å². The minimum atomic E-state index is -0.00769. The summed E-state index contributed by atoms with van der Waals surface area (Å²) in [5, 5.41) is 4.47. The zero-order valence-corrected chi connectivity index (χ0v) is 20.9. The average Bonchev–Trinajstić information content (AvgIpc) is 3.63. The Hall–Kier alpha value is -5.24. The van der Waals surface area contributed by atoms with Crippen molar-refractivity contribution in [1.82, 2.24) is 19.6 Å². The highest BCUT2D eigenvalue weighted by Gasteiger charge is 2.12. The molecule has 5 aromatic rings. The molecule has 0 unspecified atom stereocenters. The van der Waals surface area contributed by atoms with Crippen LogP contribution in [-0.4, -0.2) is 38.8 Å². The largest absolute Gasteiger partial charge is 0.493 e. The van der Waals surface area contributed by atoms with Crippen molar-refractivity contribution in [2.24, 2.45) is 0 Å². The monoisotopic (exact) mass is 516 g/mol. The summed E-state index contributed by atoms with van der Waals surface area (Å²) >= 11 is 0. The van der Waals surface area contributed by atoms with Crippen molar-refractivity contribution in [3.8, 4) is 39.5 Å². The van der Waals surface area contributed by atoms with E-state index in [0.717, 1.165) is 45.0 Å². The van der Waals surface area contributed by atoms with Crippen LogP contribution in [-0.2, 0) is 4.79 Å². The molecule has 0 saturated heterocycles. The standard InChI is InChI=1S/C31H24N4O4/c36-26(4-2-1-3-22-5-10-29-30(17-22)39-21-38-29)13-16-37-27-8-6-23(7-9-27)25-18-33-31-28(19-34-35(31)20-25)24-11-14-32-15-12-24/h1-12,14-15,17-20H,13,16,21H2/b3-1+,4-2+. The summed E-state index contributed by atoms with van der Waals surface area (Å²) in [5.74, 6) is 2.17. The zero-order chi connectivity index (χ0) is 26.4. The van der Waals surface area contributed by atoms with Gasteiger partial charge in [0.05, 0.1) is 12.8 Å². The van der Waals surface area contributed by atoms with Crippen molar-refractivity contribution < 1.29 is 19.0 Å². The van der Waals surface area contributed by atoms with Crippen molar-refractivity contribution in [1.29, 1.82) is 0 Å². The number of pyridine rings is 1. The van der Waals surface area contributed by atoms with Gasteiger partial charge in [-0.1, -0.05) is 36.4 Å². The topological polar surface area (TPSA) is 87.8 Å². The fourth-order valence-corrected chi connectivity index (χ4v) is 4.20. The highest BCUT2D eigenvalue weighted by Crippen LogP contribution is 2.32. The van der Waals surface area contributed by atoms with Crippen LogP contribution in [0.15, 0.2) is 104 Å². The Labute approximate surface area is 224 Å². The van der Waals surface area contributed by atoms with Crippen LogP contribution in [0.1, 0.15) is 12.0 Å². The van der Waals surface area contributed by atoms with E-state index in [0.29, 0.717) is 12.4 Å². The maximum absolute atomic E-state index is 12.2. The first-order valence-corrected chi connectivity index (χ1v) is 12.5. The molecule has 1 aliphatic heterocycles. The summed E-state index contributed by atoms with van der Waals surface area (Å²) in [5.41, 5.74) is 5.66. The van der Waals surface area contributed by atoms with Crippen LogP contribution < -0.4 is 14.2 Å². The van der Waals surface area contributed by atoms with Gasteiger partial charge >= 0.3 is 0 Å². The van der Waals surface area contributed by atoms with E-state index in [4.69, 9.17) is 14.2 Å². The summed E-state index contributed by atoms with van der Waals surface area (Å²) in [4.78, 5) is 20.9. The lowest BCUT2D eigenvalue weighted by molar-refractivity contribution is -0.115. The summed E-state index contributed by atoms with van der Waals surface area (Å²) in [6.07, 6.45) is 16.4. The summed E-state index contributed by atoms with van der Waals surface area (Å²) in [7, 11) is 0. The van der Waals surface area contributed by atoms with Crippen LogP contribution in [0.25, 0.3) is 34.0 Å². The molecule has 2 aromatic carbocycles. The number of nitrogens with zero attached hydrogens (tertiary/aromatic N) is 4. The molecule has 0 saturated carbocycles. The number of ether oxygens (including phenoxy) is 3. The molecule has 0 amide bonds. The molecule has 8 heteroatoms. The van der Waals surface area contributed by atoms with Crippen molar-refractivity contribution >= 4 is 17.5 Å². The second-order valence-electron chi connectivity index (χ2n) is 8.83. The van der Waals surface area contributed by atoms with Crippen LogP contribution in [0.2, 0.25) is 0 Å². The van der Waals surface area contributed by atoms with Gasteiger partial charge in [-0.2, -0.15) is 5.10 Å². The molecular formula is C31H24N4O4. The van der Waals surface area contributed by atoms with Gasteiger partial charge in [0.2, 0.25) is 6.79 Å². The van der Waals surface area contributed by atoms with E-state index in [1.807, 2.05) is 85.3 Å². The van der Waals surface area contributed by atoms with Crippen molar-refractivity contribution in [2.75, 3.05) is 13.4 Å². The summed E-state index contributed by atoms with van der Waals surface area (Å²) in [6, 6.07) is 17.3. The number of ketones is 1. The lowest BCUT2D eigenvalue weighted by Gasteiger charge is -2.07. The summed E-state index contributed by atoms with van der Waals surface area (Å²) in [6.45, 7) is 0.546. The third-order valence-electron chi connectivity index (χ3n) is 6.23. The summed E-state index contributed by atoms with van der Waals surface area (Å²) < 4.78 is 18.2. The van der Waals surface area contributed by atoms with Crippen LogP contribution >= 0.6 is 0 Å². The Morgan fingerprint density at radius 1 is 0.923 bits per heavy atom. The first-order chi connectivity index (χ1) is 19.2. The first-order valence-electron chi connectivity index (χ1n) is 12.5. The van der Waals surface area contributed by atoms with E-state index in [1.165, 1.54) is 0 Å². The Bertz CT molecular complexity index is 1670. The molecular weight excluding hydrogens is 492 g/mol. The molecule has 1 aliphatic rings. The van der Waals surface area contributed by atoms with Gasteiger partial charge in [-0.15, -0.1) is 0 Å². The number of allylic oxidation sites excluding steroid dienone is 3. The first kappa shape index (κ1) is 24.1. The van der Waals surface area contributed by atoms with Crippen LogP contribution in [0.5, 0.6) is 17.2 Å². The lowest BCUT2D eigenvalue weighted by atomic mass is 10.1. The Kier molecular flexibility index (Phi) is 6.81. The van der Waals surface area contributed by atoms with Crippen molar-refractivity contribution in [2.45, 2.75) is 6.42 Å². The molecule has 0 spiro atoms. The number of benzene rings is 2. The smallest absolute Gasteiger partial charge is 0.231 e. The number of rotatable bonds is 9. The molecule has 3 aromatic heterocycles. The molecule has 192 valence electrons.